The standard InChI is InChI=1S/C25H28N2O3S/c1-17(2)24(23-15-10-18(3)16-19(23)4)26-25(28)20-11-13-21(14-12-20)27-31(29,30)22-8-6-5-7-9-22/h5-17,24,27H,1-4H3,(H,26,28). The number of rotatable bonds is 7. The van der Waals surface area contributed by atoms with Gasteiger partial charge in [0, 0.05) is 11.3 Å². The predicted molar refractivity (Wildman–Crippen MR) is 125 cm³/mol. The van der Waals surface area contributed by atoms with Crippen LogP contribution in [0, 0.1) is 19.8 Å². The maximum atomic E-state index is 12.9. The molecule has 0 saturated carbocycles. The van der Waals surface area contributed by atoms with E-state index in [0.29, 0.717) is 11.3 Å². The number of amides is 1. The van der Waals surface area contributed by atoms with Gasteiger partial charge in [-0.2, -0.15) is 0 Å². The minimum atomic E-state index is -3.67. The van der Waals surface area contributed by atoms with Gasteiger partial charge in [0.25, 0.3) is 15.9 Å². The number of carbonyl (C=O) groups excluding carboxylic acids is 1. The lowest BCUT2D eigenvalue weighted by Crippen LogP contribution is -2.32. The Morgan fingerprint density at radius 2 is 1.52 bits per heavy atom. The summed E-state index contributed by atoms with van der Waals surface area (Å²) >= 11 is 0. The monoisotopic (exact) mass is 436 g/mol. The van der Waals surface area contributed by atoms with Gasteiger partial charge in [-0.25, -0.2) is 8.42 Å². The van der Waals surface area contributed by atoms with Crippen molar-refractivity contribution in [1.82, 2.24) is 5.32 Å². The van der Waals surface area contributed by atoms with Crippen LogP contribution in [-0.4, -0.2) is 14.3 Å². The molecule has 0 fully saturated rings. The van der Waals surface area contributed by atoms with Gasteiger partial charge >= 0.3 is 0 Å². The lowest BCUT2D eigenvalue weighted by molar-refractivity contribution is 0.0925. The number of hydrogen-bond donors (Lipinski definition) is 2. The zero-order valence-corrected chi connectivity index (χ0v) is 19.0. The Hall–Kier alpha value is -3.12. The number of nitrogens with one attached hydrogen (secondary N) is 2. The maximum Gasteiger partial charge on any atom is 0.261 e. The summed E-state index contributed by atoms with van der Waals surface area (Å²) in [4.78, 5) is 13.1. The average molecular weight is 437 g/mol. The Kier molecular flexibility index (Phi) is 6.81. The normalized spacial score (nSPS) is 12.4. The Bertz CT molecular complexity index is 1160. The number of sulfonamides is 1. The minimum Gasteiger partial charge on any atom is -0.345 e. The summed E-state index contributed by atoms with van der Waals surface area (Å²) in [7, 11) is -3.67. The van der Waals surface area contributed by atoms with Crippen LogP contribution in [0.2, 0.25) is 0 Å². The first kappa shape index (κ1) is 22.6. The Morgan fingerprint density at radius 3 is 2.10 bits per heavy atom. The van der Waals surface area contributed by atoms with Crippen LogP contribution in [0.25, 0.3) is 0 Å². The average Bonchev–Trinajstić information content (AvgIpc) is 2.73. The van der Waals surface area contributed by atoms with Gasteiger partial charge in [-0.1, -0.05) is 55.8 Å². The quantitative estimate of drug-likeness (QED) is 0.532. The van der Waals surface area contributed by atoms with Gasteiger partial charge in [-0.05, 0) is 67.3 Å². The second kappa shape index (κ2) is 9.35. The van der Waals surface area contributed by atoms with Gasteiger partial charge in [0.05, 0.1) is 10.9 Å². The van der Waals surface area contributed by atoms with E-state index < -0.39 is 10.0 Å². The van der Waals surface area contributed by atoms with Crippen LogP contribution in [0.5, 0.6) is 0 Å². The van der Waals surface area contributed by atoms with Gasteiger partial charge in [-0.3, -0.25) is 9.52 Å². The highest BCUT2D eigenvalue weighted by Crippen LogP contribution is 2.26. The molecule has 5 nitrogen and oxygen atoms in total. The topological polar surface area (TPSA) is 75.3 Å². The molecular formula is C25H28N2O3S. The van der Waals surface area contributed by atoms with Crippen LogP contribution >= 0.6 is 0 Å². The molecular weight excluding hydrogens is 408 g/mol. The van der Waals surface area contributed by atoms with E-state index in [-0.39, 0.29) is 22.8 Å². The summed E-state index contributed by atoms with van der Waals surface area (Å²) < 4.78 is 27.5. The van der Waals surface area contributed by atoms with E-state index in [4.69, 9.17) is 0 Å². The van der Waals surface area contributed by atoms with Gasteiger partial charge in [0.15, 0.2) is 0 Å². The van der Waals surface area contributed by atoms with Crippen molar-refractivity contribution >= 4 is 21.6 Å². The Balaban J connectivity index is 1.75. The van der Waals surface area contributed by atoms with Crippen LogP contribution in [0.15, 0.2) is 77.7 Å². The van der Waals surface area contributed by atoms with Crippen LogP contribution < -0.4 is 10.0 Å². The van der Waals surface area contributed by atoms with E-state index in [2.05, 4.69) is 49.0 Å². The fraction of sp³-hybridized carbons (Fsp3) is 0.240. The van der Waals surface area contributed by atoms with Gasteiger partial charge in [-0.15, -0.1) is 0 Å². The summed E-state index contributed by atoms with van der Waals surface area (Å²) in [5, 5.41) is 3.13. The molecule has 0 spiro atoms. The maximum absolute atomic E-state index is 12.9. The molecule has 2 N–H and O–H groups in total. The Morgan fingerprint density at radius 1 is 0.871 bits per heavy atom. The molecule has 0 aliphatic rings. The van der Waals surface area contributed by atoms with Crippen LogP contribution in [0.4, 0.5) is 5.69 Å². The fourth-order valence-corrected chi connectivity index (χ4v) is 4.59. The second-order valence-electron chi connectivity index (χ2n) is 8.05. The zero-order chi connectivity index (χ0) is 22.6. The van der Waals surface area contributed by atoms with E-state index in [1.807, 2.05) is 6.92 Å². The van der Waals surface area contributed by atoms with Crippen molar-refractivity contribution < 1.29 is 13.2 Å². The fourth-order valence-electron chi connectivity index (χ4n) is 3.51. The SMILES string of the molecule is Cc1ccc(C(NC(=O)c2ccc(NS(=O)(=O)c3ccccc3)cc2)C(C)C)c(C)c1. The smallest absolute Gasteiger partial charge is 0.261 e. The van der Waals surface area contributed by atoms with Gasteiger partial charge in [0.2, 0.25) is 0 Å². The lowest BCUT2D eigenvalue weighted by Gasteiger charge is -2.25. The molecule has 3 rings (SSSR count). The van der Waals surface area contributed by atoms with Crippen LogP contribution in [0.3, 0.4) is 0 Å². The lowest BCUT2D eigenvalue weighted by atomic mass is 9.91. The summed E-state index contributed by atoms with van der Waals surface area (Å²) in [6.07, 6.45) is 0. The highest BCUT2D eigenvalue weighted by Gasteiger charge is 2.21. The summed E-state index contributed by atoms with van der Waals surface area (Å²) in [5.41, 5.74) is 4.29. The molecule has 1 atom stereocenters. The van der Waals surface area contributed by atoms with Gasteiger partial charge < -0.3 is 5.32 Å². The third-order valence-electron chi connectivity index (χ3n) is 5.17. The van der Waals surface area contributed by atoms with E-state index in [1.54, 1.807) is 42.5 Å². The molecule has 3 aromatic rings. The number of hydrogen-bond acceptors (Lipinski definition) is 3. The van der Waals surface area contributed by atoms with Crippen molar-refractivity contribution in [2.24, 2.45) is 5.92 Å². The number of benzene rings is 3. The second-order valence-corrected chi connectivity index (χ2v) is 9.73. The third kappa shape index (κ3) is 5.52. The van der Waals surface area contributed by atoms with Crippen molar-refractivity contribution in [2.75, 3.05) is 4.72 Å². The first-order valence-corrected chi connectivity index (χ1v) is 11.7. The molecule has 0 heterocycles. The van der Waals surface area contributed by atoms with Crippen molar-refractivity contribution in [3.8, 4) is 0 Å². The summed E-state index contributed by atoms with van der Waals surface area (Å²) in [6.45, 7) is 8.25. The molecule has 0 aliphatic heterocycles. The third-order valence-corrected chi connectivity index (χ3v) is 6.56. The molecule has 1 unspecified atom stereocenters. The first-order valence-electron chi connectivity index (χ1n) is 10.2. The molecule has 31 heavy (non-hydrogen) atoms. The number of carbonyl (C=O) groups is 1. The summed E-state index contributed by atoms with van der Waals surface area (Å²) in [6, 6.07) is 20.7. The van der Waals surface area contributed by atoms with Gasteiger partial charge in [0.1, 0.15) is 0 Å². The molecule has 0 saturated heterocycles. The molecule has 0 radical (unpaired) electrons. The van der Waals surface area contributed by atoms with Crippen LogP contribution in [-0.2, 0) is 10.0 Å². The van der Waals surface area contributed by atoms with Crippen molar-refractivity contribution in [3.05, 3.63) is 95.1 Å². The number of aryl methyl sites for hydroxylation is 2. The number of anilines is 1. The van der Waals surface area contributed by atoms with Crippen molar-refractivity contribution in [3.63, 3.8) is 0 Å². The van der Waals surface area contributed by atoms with Crippen molar-refractivity contribution in [2.45, 2.75) is 38.6 Å². The molecule has 162 valence electrons. The van der Waals surface area contributed by atoms with E-state index >= 15 is 0 Å². The highest BCUT2D eigenvalue weighted by molar-refractivity contribution is 7.92. The minimum absolute atomic E-state index is 0.121. The first-order chi connectivity index (χ1) is 14.7. The van der Waals surface area contributed by atoms with Crippen LogP contribution in [0.1, 0.15) is 46.9 Å². The molecule has 3 aromatic carbocycles. The highest BCUT2D eigenvalue weighted by atomic mass is 32.2. The largest absolute Gasteiger partial charge is 0.345 e. The van der Waals surface area contributed by atoms with E-state index in [9.17, 15) is 13.2 Å². The Labute approximate surface area is 184 Å². The molecule has 0 bridgehead atoms. The van der Waals surface area contributed by atoms with E-state index in [1.165, 1.54) is 17.7 Å². The summed E-state index contributed by atoms with van der Waals surface area (Å²) in [5.74, 6) is 0.0125. The molecule has 0 aliphatic carbocycles. The zero-order valence-electron chi connectivity index (χ0n) is 18.2. The van der Waals surface area contributed by atoms with E-state index in [0.717, 1.165) is 11.1 Å². The molecule has 6 heteroatoms. The van der Waals surface area contributed by atoms with Crippen molar-refractivity contribution in [1.29, 1.82) is 0 Å². The predicted octanol–water partition coefficient (Wildman–Crippen LogP) is 5.23. The molecule has 0 aromatic heterocycles. The molecule has 1 amide bonds.